The van der Waals surface area contributed by atoms with Crippen molar-refractivity contribution in [2.24, 2.45) is 16.6 Å². The van der Waals surface area contributed by atoms with Crippen molar-refractivity contribution in [2.45, 2.75) is 90.3 Å². The van der Waals surface area contributed by atoms with Gasteiger partial charge in [-0.2, -0.15) is 0 Å². The lowest BCUT2D eigenvalue weighted by Gasteiger charge is -2.57. The molecule has 3 N–H and O–H groups in total. The molecule has 1 aliphatic carbocycles. The molecule has 3 fully saturated rings. The van der Waals surface area contributed by atoms with E-state index >= 15 is 0 Å². The van der Waals surface area contributed by atoms with E-state index in [0.717, 1.165) is 6.04 Å². The van der Waals surface area contributed by atoms with Gasteiger partial charge in [-0.25, -0.2) is 0 Å². The van der Waals surface area contributed by atoms with E-state index in [4.69, 9.17) is 5.73 Å². The van der Waals surface area contributed by atoms with Gasteiger partial charge < -0.3 is 11.1 Å². The van der Waals surface area contributed by atoms with Crippen LogP contribution >= 0.6 is 0 Å². The summed E-state index contributed by atoms with van der Waals surface area (Å²) < 4.78 is 0. The molecule has 0 aromatic rings. The summed E-state index contributed by atoms with van der Waals surface area (Å²) in [6.07, 6.45) is 18.0. The molecular weight excluding hydrogens is 342 g/mol. The third-order valence-electron chi connectivity index (χ3n) is 7.55. The fourth-order valence-corrected chi connectivity index (χ4v) is 5.72. The van der Waals surface area contributed by atoms with Gasteiger partial charge in [-0.05, 0) is 94.8 Å². The van der Waals surface area contributed by atoms with Crippen LogP contribution in [0.4, 0.5) is 0 Å². The average molecular weight is 386 g/mol. The summed E-state index contributed by atoms with van der Waals surface area (Å²) in [5.74, 6) is 0. The molecule has 2 unspecified atom stereocenters. The van der Waals surface area contributed by atoms with Crippen molar-refractivity contribution in [3.8, 4) is 0 Å². The predicted octanol–water partition coefficient (Wildman–Crippen LogP) is 4.81. The maximum Gasteiger partial charge on any atom is 0.0499 e. The second-order valence-electron chi connectivity index (χ2n) is 10.8. The Bertz CT molecular complexity index is 597. The lowest BCUT2D eigenvalue weighted by Crippen LogP contribution is -2.58. The van der Waals surface area contributed by atoms with E-state index in [1.54, 1.807) is 0 Å². The van der Waals surface area contributed by atoms with Gasteiger partial charge in [0.15, 0.2) is 0 Å². The van der Waals surface area contributed by atoms with Crippen LogP contribution in [0, 0.1) is 10.8 Å². The van der Waals surface area contributed by atoms with Crippen molar-refractivity contribution >= 4 is 0 Å². The number of nitrogens with two attached hydrogens (primary N) is 1. The standard InChI is InChI=1S/C25H43N3/c1-6-9-20(16-24(5,26)7-2)22-19-23(3,4)12-15-28(22)21-17-25(18-21)10-8-13-27-14-11-25/h6-7,9,16,21-22,27H,2,8,10-15,17-19,26H2,1,3-5H3/b9-6-,20-16+. The van der Waals surface area contributed by atoms with E-state index in [9.17, 15) is 0 Å². The Balaban J connectivity index is 1.81. The third-order valence-corrected chi connectivity index (χ3v) is 7.55. The zero-order valence-electron chi connectivity index (χ0n) is 18.8. The van der Waals surface area contributed by atoms with Gasteiger partial charge in [0.2, 0.25) is 0 Å². The molecule has 3 heteroatoms. The van der Waals surface area contributed by atoms with Gasteiger partial charge in [0.05, 0.1) is 0 Å². The van der Waals surface area contributed by atoms with Gasteiger partial charge in [0.25, 0.3) is 0 Å². The van der Waals surface area contributed by atoms with E-state index in [1.807, 2.05) is 6.08 Å². The summed E-state index contributed by atoms with van der Waals surface area (Å²) >= 11 is 0. The lowest BCUT2D eigenvalue weighted by atomic mass is 9.60. The molecule has 0 radical (unpaired) electrons. The van der Waals surface area contributed by atoms with Crippen LogP contribution in [0.3, 0.4) is 0 Å². The maximum absolute atomic E-state index is 6.46. The lowest BCUT2D eigenvalue weighted by molar-refractivity contribution is -0.0498. The molecule has 1 saturated carbocycles. The van der Waals surface area contributed by atoms with Crippen molar-refractivity contribution in [2.75, 3.05) is 19.6 Å². The summed E-state index contributed by atoms with van der Waals surface area (Å²) in [4.78, 5) is 2.83. The van der Waals surface area contributed by atoms with Gasteiger partial charge in [-0.1, -0.05) is 38.2 Å². The van der Waals surface area contributed by atoms with Crippen LogP contribution in [-0.4, -0.2) is 42.2 Å². The topological polar surface area (TPSA) is 41.3 Å². The number of nitrogens with one attached hydrogen (secondary N) is 1. The first-order valence-electron chi connectivity index (χ1n) is 11.4. The highest BCUT2D eigenvalue weighted by molar-refractivity contribution is 5.32. The summed E-state index contributed by atoms with van der Waals surface area (Å²) in [6, 6.07) is 1.20. The van der Waals surface area contributed by atoms with E-state index in [0.29, 0.717) is 16.9 Å². The summed E-state index contributed by atoms with van der Waals surface area (Å²) in [5, 5.41) is 3.60. The fraction of sp³-hybridized carbons (Fsp3) is 0.760. The molecule has 0 aromatic heterocycles. The van der Waals surface area contributed by atoms with Gasteiger partial charge >= 0.3 is 0 Å². The number of rotatable bonds is 5. The average Bonchev–Trinajstić information content (AvgIpc) is 2.86. The van der Waals surface area contributed by atoms with Crippen LogP contribution in [0.25, 0.3) is 0 Å². The van der Waals surface area contributed by atoms with Crippen LogP contribution in [0.1, 0.15) is 72.6 Å². The zero-order valence-corrected chi connectivity index (χ0v) is 18.8. The molecule has 28 heavy (non-hydrogen) atoms. The normalized spacial score (nSPS) is 36.7. The summed E-state index contributed by atoms with van der Waals surface area (Å²) in [6.45, 7) is 16.6. The smallest absolute Gasteiger partial charge is 0.0499 e. The Morgan fingerprint density at radius 3 is 2.61 bits per heavy atom. The fourth-order valence-electron chi connectivity index (χ4n) is 5.72. The molecule has 158 valence electrons. The molecule has 0 aromatic carbocycles. The molecular formula is C25H43N3. The molecule has 2 saturated heterocycles. The predicted molar refractivity (Wildman–Crippen MR) is 121 cm³/mol. The Kier molecular flexibility index (Phi) is 6.58. The van der Waals surface area contributed by atoms with E-state index in [2.05, 4.69) is 62.7 Å². The Labute approximate surface area is 173 Å². The first-order valence-corrected chi connectivity index (χ1v) is 11.4. The Morgan fingerprint density at radius 2 is 1.93 bits per heavy atom. The summed E-state index contributed by atoms with van der Waals surface area (Å²) in [7, 11) is 0. The van der Waals surface area contributed by atoms with E-state index in [1.165, 1.54) is 70.2 Å². The number of piperidine rings is 1. The van der Waals surface area contributed by atoms with Crippen LogP contribution in [0.5, 0.6) is 0 Å². The first kappa shape index (κ1) is 21.8. The SMILES string of the molecule is C=CC(C)(N)/C=C(\C=C/C)C1CC(C)(C)CCN1C1CC2(CCCNCC2)C1. The van der Waals surface area contributed by atoms with Crippen molar-refractivity contribution in [3.63, 3.8) is 0 Å². The minimum Gasteiger partial charge on any atom is -0.319 e. The van der Waals surface area contributed by atoms with Gasteiger partial charge in [0, 0.05) is 17.6 Å². The molecule has 2 heterocycles. The van der Waals surface area contributed by atoms with Crippen LogP contribution in [0.2, 0.25) is 0 Å². The van der Waals surface area contributed by atoms with Crippen molar-refractivity contribution in [1.82, 2.24) is 10.2 Å². The monoisotopic (exact) mass is 385 g/mol. The van der Waals surface area contributed by atoms with Crippen molar-refractivity contribution in [3.05, 3.63) is 36.5 Å². The van der Waals surface area contributed by atoms with Gasteiger partial charge in [-0.15, -0.1) is 6.58 Å². The number of hydrogen-bond acceptors (Lipinski definition) is 3. The molecule has 3 rings (SSSR count). The molecule has 0 bridgehead atoms. The number of allylic oxidation sites excluding steroid dienone is 1. The molecule has 3 aliphatic rings. The largest absolute Gasteiger partial charge is 0.319 e. The third kappa shape index (κ3) is 4.98. The van der Waals surface area contributed by atoms with Gasteiger partial charge in [-0.3, -0.25) is 4.90 Å². The second kappa shape index (κ2) is 8.45. The highest BCUT2D eigenvalue weighted by Gasteiger charge is 2.49. The highest BCUT2D eigenvalue weighted by Crippen LogP contribution is 2.52. The first-order chi connectivity index (χ1) is 13.2. The summed E-state index contributed by atoms with van der Waals surface area (Å²) in [5.41, 5.74) is 8.38. The van der Waals surface area contributed by atoms with E-state index < -0.39 is 5.54 Å². The molecule has 1 spiro atoms. The van der Waals surface area contributed by atoms with Gasteiger partial charge in [0.1, 0.15) is 0 Å². The highest BCUT2D eigenvalue weighted by atomic mass is 15.2. The van der Waals surface area contributed by atoms with Crippen molar-refractivity contribution in [1.29, 1.82) is 0 Å². The number of hydrogen-bond donors (Lipinski definition) is 2. The van der Waals surface area contributed by atoms with Crippen LogP contribution < -0.4 is 11.1 Å². The number of likely N-dealkylation sites (tertiary alicyclic amines) is 1. The molecule has 3 nitrogen and oxygen atoms in total. The second-order valence-corrected chi connectivity index (χ2v) is 10.8. The number of nitrogens with zero attached hydrogens (tertiary/aromatic N) is 1. The van der Waals surface area contributed by atoms with E-state index in [-0.39, 0.29) is 0 Å². The minimum absolute atomic E-state index is 0.384. The minimum atomic E-state index is -0.462. The molecule has 2 aliphatic heterocycles. The molecule has 0 amide bonds. The van der Waals surface area contributed by atoms with Crippen LogP contribution in [-0.2, 0) is 0 Å². The molecule has 2 atom stereocenters. The van der Waals surface area contributed by atoms with Crippen LogP contribution in [0.15, 0.2) is 36.5 Å². The quantitative estimate of drug-likeness (QED) is 0.527. The Hall–Kier alpha value is -0.900. The Morgan fingerprint density at radius 1 is 1.18 bits per heavy atom. The zero-order chi connectivity index (χ0) is 20.4. The maximum atomic E-state index is 6.46. The van der Waals surface area contributed by atoms with Crippen molar-refractivity contribution < 1.29 is 0 Å².